The molecule has 160 valence electrons. The second-order valence-electron chi connectivity index (χ2n) is 6.69. The fourth-order valence-corrected chi connectivity index (χ4v) is 3.38. The van der Waals surface area contributed by atoms with E-state index in [0.29, 0.717) is 5.69 Å². The van der Waals surface area contributed by atoms with Crippen LogP contribution in [-0.4, -0.2) is 34.4 Å². The third kappa shape index (κ3) is 4.50. The summed E-state index contributed by atoms with van der Waals surface area (Å²) in [7, 11) is -3.51. The molecule has 0 aliphatic heterocycles. The molecule has 4 rings (SSSR count). The fourth-order valence-electron chi connectivity index (χ4n) is 2.82. The van der Waals surface area contributed by atoms with Crippen LogP contribution in [0.5, 0.6) is 5.88 Å². The normalized spacial score (nSPS) is 12.3. The van der Waals surface area contributed by atoms with Crippen molar-refractivity contribution in [3.63, 3.8) is 0 Å². The van der Waals surface area contributed by atoms with E-state index in [1.54, 1.807) is 6.07 Å². The van der Waals surface area contributed by atoms with Gasteiger partial charge in [0.2, 0.25) is 5.88 Å². The van der Waals surface area contributed by atoms with Gasteiger partial charge in [-0.3, -0.25) is 0 Å². The first kappa shape index (κ1) is 20.8. The van der Waals surface area contributed by atoms with Gasteiger partial charge in [-0.2, -0.15) is 23.0 Å². The lowest BCUT2D eigenvalue weighted by molar-refractivity contribution is -0.141. The molecular formula is C20H15F3N4O3S. The Morgan fingerprint density at radius 1 is 1.06 bits per heavy atom. The van der Waals surface area contributed by atoms with Crippen LogP contribution in [0.15, 0.2) is 65.7 Å². The van der Waals surface area contributed by atoms with Crippen LogP contribution in [0.4, 0.5) is 13.2 Å². The summed E-state index contributed by atoms with van der Waals surface area (Å²) in [4.78, 5) is 8.29. The van der Waals surface area contributed by atoms with Crippen molar-refractivity contribution >= 4 is 20.7 Å². The van der Waals surface area contributed by atoms with Crippen LogP contribution in [0.2, 0.25) is 0 Å². The molecule has 0 saturated heterocycles. The van der Waals surface area contributed by atoms with Crippen molar-refractivity contribution in [1.29, 1.82) is 0 Å². The molecule has 0 saturated carbocycles. The molecule has 0 radical (unpaired) electrons. The molecule has 3 heterocycles. The summed E-state index contributed by atoms with van der Waals surface area (Å²) in [6.45, 7) is -0.102. The smallest absolute Gasteiger partial charge is 0.435 e. The molecule has 0 atom stereocenters. The van der Waals surface area contributed by atoms with Crippen molar-refractivity contribution in [2.45, 2.75) is 17.7 Å². The van der Waals surface area contributed by atoms with E-state index in [-0.39, 0.29) is 23.2 Å². The average Bonchev–Trinajstić information content (AvgIpc) is 3.16. The Labute approximate surface area is 175 Å². The maximum absolute atomic E-state index is 13.2. The zero-order chi connectivity index (χ0) is 22.2. The number of pyridine rings is 2. The number of hydrogen-bond acceptors (Lipinski definition) is 6. The molecule has 1 aromatic carbocycles. The van der Waals surface area contributed by atoms with E-state index in [9.17, 15) is 21.6 Å². The number of ether oxygens (including phenoxy) is 1. The number of alkyl halides is 3. The number of hydrogen-bond donors (Lipinski definition) is 0. The number of rotatable bonds is 5. The predicted molar refractivity (Wildman–Crippen MR) is 106 cm³/mol. The molecule has 0 bridgehead atoms. The highest BCUT2D eigenvalue weighted by atomic mass is 32.2. The highest BCUT2D eigenvalue weighted by Gasteiger charge is 2.35. The minimum absolute atomic E-state index is 0.0237. The summed E-state index contributed by atoms with van der Waals surface area (Å²) >= 11 is 0. The number of aromatic nitrogens is 4. The Morgan fingerprint density at radius 2 is 1.84 bits per heavy atom. The van der Waals surface area contributed by atoms with E-state index in [1.165, 1.54) is 12.1 Å². The summed E-state index contributed by atoms with van der Waals surface area (Å²) < 4.78 is 69.3. The molecule has 7 nitrogen and oxygen atoms in total. The average molecular weight is 448 g/mol. The van der Waals surface area contributed by atoms with Crippen LogP contribution in [0.3, 0.4) is 0 Å². The Hall–Kier alpha value is -3.47. The second-order valence-corrected chi connectivity index (χ2v) is 8.70. The van der Waals surface area contributed by atoms with Crippen LogP contribution < -0.4 is 4.74 Å². The fraction of sp³-hybridized carbons (Fsp3) is 0.150. The van der Waals surface area contributed by atoms with E-state index in [0.717, 1.165) is 34.1 Å². The maximum Gasteiger partial charge on any atom is 0.435 e. The third-order valence-corrected chi connectivity index (χ3v) is 5.45. The Kier molecular flexibility index (Phi) is 5.13. The first-order valence-electron chi connectivity index (χ1n) is 8.92. The van der Waals surface area contributed by atoms with Gasteiger partial charge in [0.1, 0.15) is 6.61 Å². The molecular weight excluding hydrogens is 433 g/mol. The minimum Gasteiger partial charge on any atom is -0.471 e. The molecule has 0 aliphatic carbocycles. The standard InChI is InChI=1S/C20H15F3N4O3S/c1-31(28,29)15-8-9-18(24-11-15)27-19(10-17(26-27)20(21,22)23)30-12-14-7-6-13-4-2-3-5-16(13)25-14/h2-11H,12H2,1H3. The van der Waals surface area contributed by atoms with Gasteiger partial charge >= 0.3 is 6.18 Å². The highest BCUT2D eigenvalue weighted by Crippen LogP contribution is 2.32. The van der Waals surface area contributed by atoms with E-state index in [4.69, 9.17) is 4.74 Å². The number of halogens is 3. The van der Waals surface area contributed by atoms with Gasteiger partial charge in [0.25, 0.3) is 0 Å². The molecule has 0 N–H and O–H groups in total. The lowest BCUT2D eigenvalue weighted by Gasteiger charge is -2.09. The molecule has 4 aromatic rings. The zero-order valence-corrected chi connectivity index (χ0v) is 16.9. The summed E-state index contributed by atoms with van der Waals surface area (Å²) in [6, 6.07) is 14.2. The summed E-state index contributed by atoms with van der Waals surface area (Å²) in [5.41, 5.74) is 0.0782. The third-order valence-electron chi connectivity index (χ3n) is 4.36. The number of para-hydroxylation sites is 1. The van der Waals surface area contributed by atoms with Gasteiger partial charge in [0, 0.05) is 23.9 Å². The quantitative estimate of drug-likeness (QED) is 0.461. The first-order chi connectivity index (χ1) is 14.6. The van der Waals surface area contributed by atoms with Crippen LogP contribution in [0.1, 0.15) is 11.4 Å². The van der Waals surface area contributed by atoms with Gasteiger partial charge in [-0.15, -0.1) is 0 Å². The number of sulfone groups is 1. The molecule has 0 aliphatic rings. The van der Waals surface area contributed by atoms with Crippen molar-refractivity contribution in [2.75, 3.05) is 6.26 Å². The summed E-state index contributed by atoms with van der Waals surface area (Å²) in [5.74, 6) is -0.230. The lowest BCUT2D eigenvalue weighted by Crippen LogP contribution is -2.09. The number of fused-ring (bicyclic) bond motifs is 1. The van der Waals surface area contributed by atoms with E-state index < -0.39 is 21.7 Å². The minimum atomic E-state index is -4.70. The van der Waals surface area contributed by atoms with Gasteiger partial charge < -0.3 is 4.74 Å². The van der Waals surface area contributed by atoms with Gasteiger partial charge in [-0.1, -0.05) is 24.3 Å². The van der Waals surface area contributed by atoms with Gasteiger partial charge in [0.05, 0.1) is 16.1 Å². The zero-order valence-electron chi connectivity index (χ0n) is 16.0. The topological polar surface area (TPSA) is 87.0 Å². The summed E-state index contributed by atoms with van der Waals surface area (Å²) in [6.07, 6.45) is -2.64. The van der Waals surface area contributed by atoms with Gasteiger partial charge in [0.15, 0.2) is 21.3 Å². The molecule has 11 heteroatoms. The highest BCUT2D eigenvalue weighted by molar-refractivity contribution is 7.90. The summed E-state index contributed by atoms with van der Waals surface area (Å²) in [5, 5.41) is 4.46. The largest absolute Gasteiger partial charge is 0.471 e. The van der Waals surface area contributed by atoms with Crippen molar-refractivity contribution in [3.8, 4) is 11.7 Å². The Bertz CT molecular complexity index is 1350. The molecule has 0 amide bonds. The first-order valence-corrected chi connectivity index (χ1v) is 10.8. The number of benzene rings is 1. The Balaban J connectivity index is 1.66. The Morgan fingerprint density at radius 3 is 2.52 bits per heavy atom. The molecule has 0 fully saturated rings. The van der Waals surface area contributed by atoms with Crippen LogP contribution >= 0.6 is 0 Å². The van der Waals surface area contributed by atoms with E-state index in [2.05, 4.69) is 15.1 Å². The van der Waals surface area contributed by atoms with Crippen molar-refractivity contribution in [1.82, 2.24) is 19.7 Å². The number of nitrogens with zero attached hydrogens (tertiary/aromatic N) is 4. The maximum atomic E-state index is 13.2. The van der Waals surface area contributed by atoms with Crippen LogP contribution in [0.25, 0.3) is 16.7 Å². The SMILES string of the molecule is CS(=O)(=O)c1ccc(-n2nc(C(F)(F)F)cc2OCc2ccc3ccccc3n2)nc1. The van der Waals surface area contributed by atoms with Gasteiger partial charge in [-0.25, -0.2) is 18.4 Å². The molecule has 3 aromatic heterocycles. The molecule has 0 spiro atoms. The van der Waals surface area contributed by atoms with Gasteiger partial charge in [-0.05, 0) is 24.3 Å². The van der Waals surface area contributed by atoms with E-state index >= 15 is 0 Å². The van der Waals surface area contributed by atoms with E-state index in [1.807, 2.05) is 30.3 Å². The predicted octanol–water partition coefficient (Wildman–Crippen LogP) is 3.82. The van der Waals surface area contributed by atoms with Crippen molar-refractivity contribution in [3.05, 3.63) is 72.2 Å². The van der Waals surface area contributed by atoms with Crippen LogP contribution in [0, 0.1) is 0 Å². The van der Waals surface area contributed by atoms with Crippen molar-refractivity contribution < 1.29 is 26.3 Å². The molecule has 31 heavy (non-hydrogen) atoms. The molecule has 0 unspecified atom stereocenters. The second kappa shape index (κ2) is 7.65. The van der Waals surface area contributed by atoms with Crippen LogP contribution in [-0.2, 0) is 22.6 Å². The monoisotopic (exact) mass is 448 g/mol. The lowest BCUT2D eigenvalue weighted by atomic mass is 10.2. The van der Waals surface area contributed by atoms with Crippen molar-refractivity contribution in [2.24, 2.45) is 0 Å².